The first-order valence-electron chi connectivity index (χ1n) is 5.46. The van der Waals surface area contributed by atoms with Crippen LogP contribution in [-0.2, 0) is 9.53 Å². The number of hydrogen-bond donors (Lipinski definition) is 0. The Kier molecular flexibility index (Phi) is 2.99. The van der Waals surface area contributed by atoms with Crippen LogP contribution in [0.1, 0.15) is 38.5 Å². The van der Waals surface area contributed by atoms with Crippen LogP contribution in [0.5, 0.6) is 0 Å². The molecule has 0 bridgehead atoms. The smallest absolute Gasteiger partial charge is 0.136 e. The molecule has 2 fully saturated rings. The van der Waals surface area contributed by atoms with Crippen molar-refractivity contribution in [3.63, 3.8) is 0 Å². The quantitative estimate of drug-likeness (QED) is 0.668. The Balaban J connectivity index is 1.74. The molecule has 2 aliphatic rings. The van der Waals surface area contributed by atoms with Crippen molar-refractivity contribution in [1.82, 2.24) is 0 Å². The van der Waals surface area contributed by atoms with E-state index in [1.54, 1.807) is 0 Å². The van der Waals surface area contributed by atoms with Crippen LogP contribution in [0.25, 0.3) is 0 Å². The third-order valence-corrected chi connectivity index (χ3v) is 3.39. The third-order valence-electron chi connectivity index (χ3n) is 3.39. The van der Waals surface area contributed by atoms with Crippen LogP contribution in [-0.4, -0.2) is 19.0 Å². The highest BCUT2D eigenvalue weighted by molar-refractivity contribution is 5.81. The van der Waals surface area contributed by atoms with Crippen LogP contribution in [0.15, 0.2) is 0 Å². The van der Waals surface area contributed by atoms with E-state index >= 15 is 0 Å². The van der Waals surface area contributed by atoms with Crippen molar-refractivity contribution in [3.05, 3.63) is 0 Å². The first-order chi connectivity index (χ1) is 6.36. The number of ether oxygens (including phenoxy) is 1. The zero-order valence-corrected chi connectivity index (χ0v) is 8.13. The molecule has 13 heavy (non-hydrogen) atoms. The molecule has 0 aromatic heterocycles. The fourth-order valence-electron chi connectivity index (χ4n) is 2.17. The first-order valence-corrected chi connectivity index (χ1v) is 5.46. The van der Waals surface area contributed by atoms with Crippen LogP contribution in [0.2, 0.25) is 0 Å². The van der Waals surface area contributed by atoms with Crippen molar-refractivity contribution in [2.45, 2.75) is 38.5 Å². The lowest BCUT2D eigenvalue weighted by atomic mass is 9.79. The number of ketones is 1. The number of carbonyl (C=O) groups excluding carboxylic acids is 1. The van der Waals surface area contributed by atoms with Gasteiger partial charge in [0.1, 0.15) is 5.78 Å². The lowest BCUT2D eigenvalue weighted by Gasteiger charge is -2.27. The summed E-state index contributed by atoms with van der Waals surface area (Å²) in [7, 11) is 0. The summed E-state index contributed by atoms with van der Waals surface area (Å²) < 4.78 is 5.24. The molecule has 1 aliphatic heterocycles. The van der Waals surface area contributed by atoms with Gasteiger partial charge in [0.25, 0.3) is 0 Å². The van der Waals surface area contributed by atoms with E-state index in [9.17, 15) is 4.79 Å². The van der Waals surface area contributed by atoms with Crippen molar-refractivity contribution >= 4 is 5.78 Å². The van der Waals surface area contributed by atoms with Crippen molar-refractivity contribution in [1.29, 1.82) is 0 Å². The Hall–Kier alpha value is -0.370. The molecule has 0 N–H and O–H groups in total. The van der Waals surface area contributed by atoms with E-state index in [0.717, 1.165) is 38.4 Å². The average Bonchev–Trinajstić information content (AvgIpc) is 2.12. The molecule has 0 amide bonds. The molecular weight excluding hydrogens is 164 g/mol. The molecule has 0 unspecified atom stereocenters. The standard InChI is InChI=1S/C11H18O2/c12-11(8-9-2-1-3-9)10-4-6-13-7-5-10/h9-10H,1-8H2. The fourth-order valence-corrected chi connectivity index (χ4v) is 2.17. The summed E-state index contributed by atoms with van der Waals surface area (Å²) in [5.41, 5.74) is 0. The molecule has 2 rings (SSSR count). The van der Waals surface area contributed by atoms with Gasteiger partial charge in [0, 0.05) is 25.6 Å². The molecule has 1 saturated heterocycles. The molecule has 2 heteroatoms. The summed E-state index contributed by atoms with van der Waals surface area (Å²) in [4.78, 5) is 11.7. The highest BCUT2D eigenvalue weighted by Gasteiger charge is 2.26. The summed E-state index contributed by atoms with van der Waals surface area (Å²) in [6.07, 6.45) is 6.69. The first kappa shape index (κ1) is 9.20. The molecule has 2 nitrogen and oxygen atoms in total. The Morgan fingerprint density at radius 1 is 1.15 bits per heavy atom. The molecular formula is C11H18O2. The van der Waals surface area contributed by atoms with E-state index in [1.165, 1.54) is 19.3 Å². The summed E-state index contributed by atoms with van der Waals surface area (Å²) in [5.74, 6) is 1.57. The third kappa shape index (κ3) is 2.31. The Morgan fingerprint density at radius 3 is 2.38 bits per heavy atom. The molecule has 0 radical (unpaired) electrons. The van der Waals surface area contributed by atoms with Gasteiger partial charge in [-0.1, -0.05) is 19.3 Å². The van der Waals surface area contributed by atoms with Crippen LogP contribution >= 0.6 is 0 Å². The summed E-state index contributed by atoms with van der Waals surface area (Å²) in [5, 5.41) is 0. The molecule has 0 spiro atoms. The van der Waals surface area contributed by atoms with Gasteiger partial charge < -0.3 is 4.74 Å². The van der Waals surface area contributed by atoms with E-state index in [4.69, 9.17) is 4.74 Å². The minimum atomic E-state index is 0.328. The van der Waals surface area contributed by atoms with Gasteiger partial charge in [-0.05, 0) is 18.8 Å². The highest BCUT2D eigenvalue weighted by atomic mass is 16.5. The molecule has 1 heterocycles. The molecule has 0 aromatic rings. The van der Waals surface area contributed by atoms with Gasteiger partial charge in [0.15, 0.2) is 0 Å². The lowest BCUT2D eigenvalue weighted by Crippen LogP contribution is -2.26. The average molecular weight is 182 g/mol. The maximum absolute atomic E-state index is 11.7. The summed E-state index contributed by atoms with van der Waals surface area (Å²) in [6, 6.07) is 0. The monoisotopic (exact) mass is 182 g/mol. The number of rotatable bonds is 3. The molecule has 0 atom stereocenters. The Labute approximate surface area is 79.7 Å². The van der Waals surface area contributed by atoms with Gasteiger partial charge in [-0.3, -0.25) is 4.79 Å². The van der Waals surface area contributed by atoms with Crippen LogP contribution in [0.4, 0.5) is 0 Å². The van der Waals surface area contributed by atoms with Crippen LogP contribution < -0.4 is 0 Å². The van der Waals surface area contributed by atoms with Gasteiger partial charge >= 0.3 is 0 Å². The highest BCUT2D eigenvalue weighted by Crippen LogP contribution is 2.31. The Morgan fingerprint density at radius 2 is 1.85 bits per heavy atom. The van der Waals surface area contributed by atoms with Gasteiger partial charge in [-0.25, -0.2) is 0 Å². The molecule has 1 aliphatic carbocycles. The second-order valence-electron chi connectivity index (χ2n) is 4.35. The van der Waals surface area contributed by atoms with E-state index in [2.05, 4.69) is 0 Å². The van der Waals surface area contributed by atoms with Crippen molar-refractivity contribution in [2.75, 3.05) is 13.2 Å². The SMILES string of the molecule is O=C(CC1CCC1)C1CCOCC1. The zero-order valence-electron chi connectivity index (χ0n) is 8.13. The zero-order chi connectivity index (χ0) is 9.10. The predicted molar refractivity (Wildman–Crippen MR) is 50.5 cm³/mol. The second kappa shape index (κ2) is 4.23. The van der Waals surface area contributed by atoms with E-state index < -0.39 is 0 Å². The second-order valence-corrected chi connectivity index (χ2v) is 4.35. The van der Waals surface area contributed by atoms with Crippen LogP contribution in [0.3, 0.4) is 0 Å². The number of Topliss-reactive ketones (excluding diaryl/α,β-unsaturated/α-hetero) is 1. The lowest BCUT2D eigenvalue weighted by molar-refractivity contribution is -0.127. The number of carbonyl (C=O) groups is 1. The maximum Gasteiger partial charge on any atom is 0.136 e. The minimum Gasteiger partial charge on any atom is -0.381 e. The van der Waals surface area contributed by atoms with E-state index in [-0.39, 0.29) is 0 Å². The van der Waals surface area contributed by atoms with Crippen molar-refractivity contribution in [3.8, 4) is 0 Å². The van der Waals surface area contributed by atoms with Gasteiger partial charge in [-0.2, -0.15) is 0 Å². The summed E-state index contributed by atoms with van der Waals surface area (Å²) in [6.45, 7) is 1.59. The number of hydrogen-bond acceptors (Lipinski definition) is 2. The topological polar surface area (TPSA) is 26.3 Å². The normalized spacial score (nSPS) is 25.5. The van der Waals surface area contributed by atoms with Gasteiger partial charge in [-0.15, -0.1) is 0 Å². The molecule has 1 saturated carbocycles. The molecule has 0 aromatic carbocycles. The minimum absolute atomic E-state index is 0.328. The molecule has 74 valence electrons. The van der Waals surface area contributed by atoms with Crippen LogP contribution in [0, 0.1) is 11.8 Å². The maximum atomic E-state index is 11.7. The van der Waals surface area contributed by atoms with Gasteiger partial charge in [0.2, 0.25) is 0 Å². The van der Waals surface area contributed by atoms with Crippen molar-refractivity contribution < 1.29 is 9.53 Å². The van der Waals surface area contributed by atoms with Gasteiger partial charge in [0.05, 0.1) is 0 Å². The fraction of sp³-hybridized carbons (Fsp3) is 0.909. The van der Waals surface area contributed by atoms with E-state index in [0.29, 0.717) is 11.7 Å². The van der Waals surface area contributed by atoms with Crippen molar-refractivity contribution in [2.24, 2.45) is 11.8 Å². The Bertz CT molecular complexity index is 179. The van der Waals surface area contributed by atoms with E-state index in [1.807, 2.05) is 0 Å². The summed E-state index contributed by atoms with van der Waals surface area (Å²) >= 11 is 0. The predicted octanol–water partition coefficient (Wildman–Crippen LogP) is 2.17. The largest absolute Gasteiger partial charge is 0.381 e.